The van der Waals surface area contributed by atoms with Crippen LogP contribution >= 0.6 is 0 Å². The molecule has 0 fully saturated rings. The van der Waals surface area contributed by atoms with E-state index in [1.54, 1.807) is 37.3 Å². The van der Waals surface area contributed by atoms with Gasteiger partial charge in [0.05, 0.1) is 0 Å². The van der Waals surface area contributed by atoms with Crippen molar-refractivity contribution in [2.45, 2.75) is 20.3 Å². The third-order valence-electron chi connectivity index (χ3n) is 4.18. The quantitative estimate of drug-likeness (QED) is 0.613. The molecule has 3 rings (SSSR count). The summed E-state index contributed by atoms with van der Waals surface area (Å²) < 4.78 is 0. The Morgan fingerprint density at radius 1 is 0.964 bits per heavy atom. The van der Waals surface area contributed by atoms with E-state index in [9.17, 15) is 9.59 Å². The highest BCUT2D eigenvalue weighted by atomic mass is 16.2. The molecule has 0 aliphatic heterocycles. The van der Waals surface area contributed by atoms with Crippen molar-refractivity contribution in [2.24, 2.45) is 0 Å². The van der Waals surface area contributed by atoms with Gasteiger partial charge in [-0.15, -0.1) is 0 Å². The summed E-state index contributed by atoms with van der Waals surface area (Å²) in [6, 6.07) is 18.5. The maximum absolute atomic E-state index is 12.5. The lowest BCUT2D eigenvalue weighted by Crippen LogP contribution is -2.16. The Bertz CT molecular complexity index is 970. The third kappa shape index (κ3) is 5.23. The highest BCUT2D eigenvalue weighted by Crippen LogP contribution is 2.13. The van der Waals surface area contributed by atoms with Crippen LogP contribution in [0, 0.1) is 6.92 Å². The molecule has 0 spiro atoms. The molecule has 0 saturated heterocycles. The normalized spacial score (nSPS) is 10.4. The molecule has 0 aliphatic rings. The molecule has 142 valence electrons. The van der Waals surface area contributed by atoms with Crippen LogP contribution in [0.4, 0.5) is 11.5 Å². The molecule has 6 nitrogen and oxygen atoms in total. The molecule has 0 unspecified atom stereocenters. The minimum absolute atomic E-state index is 0.0180. The van der Waals surface area contributed by atoms with Gasteiger partial charge in [-0.25, -0.2) is 9.97 Å². The van der Waals surface area contributed by atoms with Crippen molar-refractivity contribution in [1.29, 1.82) is 0 Å². The van der Waals surface area contributed by atoms with Gasteiger partial charge in [-0.2, -0.15) is 0 Å². The molecule has 2 N–H and O–H groups in total. The molecule has 3 aromatic rings. The van der Waals surface area contributed by atoms with E-state index in [4.69, 9.17) is 0 Å². The highest BCUT2D eigenvalue weighted by Gasteiger charge is 2.11. The molecule has 1 amide bonds. The number of hydrogen-bond donors (Lipinski definition) is 2. The molecule has 0 aliphatic carbocycles. The fraction of sp³-hybridized carbons (Fsp3) is 0.182. The Labute approximate surface area is 164 Å². The van der Waals surface area contributed by atoms with E-state index in [1.807, 2.05) is 18.2 Å². The first-order valence-corrected chi connectivity index (χ1v) is 9.07. The molecule has 0 radical (unpaired) electrons. The molecular weight excluding hydrogens is 352 g/mol. The Morgan fingerprint density at radius 3 is 2.36 bits per heavy atom. The summed E-state index contributed by atoms with van der Waals surface area (Å²) >= 11 is 0. The number of carbonyl (C=O) groups is 2. The van der Waals surface area contributed by atoms with Gasteiger partial charge in [0.2, 0.25) is 0 Å². The number of aryl methyl sites for hydroxylation is 1. The van der Waals surface area contributed by atoms with Crippen molar-refractivity contribution in [2.75, 3.05) is 17.2 Å². The average Bonchev–Trinajstić information content (AvgIpc) is 2.69. The van der Waals surface area contributed by atoms with Crippen LogP contribution in [0.25, 0.3) is 0 Å². The average molecular weight is 374 g/mol. The molecule has 6 heteroatoms. The summed E-state index contributed by atoms with van der Waals surface area (Å²) in [6.07, 6.45) is 0.855. The minimum Gasteiger partial charge on any atom is -0.370 e. The number of hydrogen-bond acceptors (Lipinski definition) is 5. The van der Waals surface area contributed by atoms with Gasteiger partial charge < -0.3 is 10.6 Å². The smallest absolute Gasteiger partial charge is 0.274 e. The van der Waals surface area contributed by atoms with Crippen molar-refractivity contribution in [1.82, 2.24) is 9.97 Å². The molecule has 0 saturated carbocycles. The topological polar surface area (TPSA) is 84.0 Å². The van der Waals surface area contributed by atoms with Gasteiger partial charge in [-0.05, 0) is 50.1 Å². The second-order valence-electron chi connectivity index (χ2n) is 6.44. The fourth-order valence-electron chi connectivity index (χ4n) is 2.74. The van der Waals surface area contributed by atoms with E-state index in [0.717, 1.165) is 6.42 Å². The number of nitrogens with zero attached hydrogens (tertiary/aromatic N) is 2. The minimum atomic E-state index is -0.327. The number of benzene rings is 2. The summed E-state index contributed by atoms with van der Waals surface area (Å²) in [4.78, 5) is 32.4. The van der Waals surface area contributed by atoms with Crippen molar-refractivity contribution in [3.8, 4) is 0 Å². The predicted octanol–water partition coefficient (Wildman–Crippen LogP) is 3.89. The largest absolute Gasteiger partial charge is 0.370 e. The third-order valence-corrected chi connectivity index (χ3v) is 4.18. The van der Waals surface area contributed by atoms with Gasteiger partial charge >= 0.3 is 0 Å². The zero-order valence-corrected chi connectivity index (χ0v) is 15.9. The standard InChI is InChI=1S/C22H22N4O2/c1-15(27)18-8-10-19(11-9-18)26-22(28)20-14-21(25-16(2)24-20)23-13-12-17-6-4-3-5-7-17/h3-11,14H,12-13H2,1-2H3,(H,26,28)(H,23,24,25). The first-order valence-electron chi connectivity index (χ1n) is 9.07. The number of aromatic nitrogens is 2. The van der Waals surface area contributed by atoms with Gasteiger partial charge in [0, 0.05) is 23.9 Å². The SMILES string of the molecule is CC(=O)c1ccc(NC(=O)c2cc(NCCc3ccccc3)nc(C)n2)cc1. The summed E-state index contributed by atoms with van der Waals surface area (Å²) in [5, 5.41) is 6.04. The summed E-state index contributed by atoms with van der Waals surface area (Å²) in [5.74, 6) is 0.782. The van der Waals surface area contributed by atoms with Crippen LogP contribution in [0.3, 0.4) is 0 Å². The second kappa shape index (κ2) is 8.90. The van der Waals surface area contributed by atoms with E-state index in [0.29, 0.717) is 29.4 Å². The lowest BCUT2D eigenvalue weighted by atomic mass is 10.1. The molecule has 28 heavy (non-hydrogen) atoms. The predicted molar refractivity (Wildman–Crippen MR) is 110 cm³/mol. The van der Waals surface area contributed by atoms with Crippen LogP contribution in [0.2, 0.25) is 0 Å². The molecule has 1 aromatic heterocycles. The lowest BCUT2D eigenvalue weighted by molar-refractivity contribution is 0.101. The van der Waals surface area contributed by atoms with Crippen LogP contribution < -0.4 is 10.6 Å². The van der Waals surface area contributed by atoms with E-state index >= 15 is 0 Å². The van der Waals surface area contributed by atoms with Crippen molar-refractivity contribution in [3.63, 3.8) is 0 Å². The van der Waals surface area contributed by atoms with Crippen LogP contribution in [0.1, 0.15) is 39.2 Å². The van der Waals surface area contributed by atoms with E-state index in [-0.39, 0.29) is 17.4 Å². The van der Waals surface area contributed by atoms with Gasteiger partial charge in [-0.1, -0.05) is 30.3 Å². The van der Waals surface area contributed by atoms with Crippen LogP contribution in [-0.4, -0.2) is 28.2 Å². The Hall–Kier alpha value is -3.54. The monoisotopic (exact) mass is 374 g/mol. The molecule has 0 atom stereocenters. The van der Waals surface area contributed by atoms with Gasteiger partial charge in [0.1, 0.15) is 17.3 Å². The second-order valence-corrected chi connectivity index (χ2v) is 6.44. The number of ketones is 1. The fourth-order valence-corrected chi connectivity index (χ4v) is 2.74. The van der Waals surface area contributed by atoms with Gasteiger partial charge in [0.15, 0.2) is 5.78 Å². The molecule has 1 heterocycles. The van der Waals surface area contributed by atoms with Gasteiger partial charge in [-0.3, -0.25) is 9.59 Å². The maximum Gasteiger partial charge on any atom is 0.274 e. The Morgan fingerprint density at radius 2 is 1.68 bits per heavy atom. The summed E-state index contributed by atoms with van der Waals surface area (Å²) in [5.41, 5.74) is 2.71. The zero-order chi connectivity index (χ0) is 19.9. The molecule has 2 aromatic carbocycles. The number of carbonyl (C=O) groups excluding carboxylic acids is 2. The van der Waals surface area contributed by atoms with Crippen molar-refractivity contribution < 1.29 is 9.59 Å². The number of nitrogens with one attached hydrogen (secondary N) is 2. The van der Waals surface area contributed by atoms with Crippen molar-refractivity contribution in [3.05, 3.63) is 83.3 Å². The number of Topliss-reactive ketones (excluding diaryl/α,β-unsaturated/α-hetero) is 1. The van der Waals surface area contributed by atoms with E-state index in [2.05, 4.69) is 32.7 Å². The van der Waals surface area contributed by atoms with Gasteiger partial charge in [0.25, 0.3) is 5.91 Å². The number of amides is 1. The Kier molecular flexibility index (Phi) is 6.11. The summed E-state index contributed by atoms with van der Waals surface area (Å²) in [6.45, 7) is 3.96. The number of anilines is 2. The van der Waals surface area contributed by atoms with Crippen LogP contribution in [-0.2, 0) is 6.42 Å². The summed E-state index contributed by atoms with van der Waals surface area (Å²) in [7, 11) is 0. The molecular formula is C22H22N4O2. The van der Waals surface area contributed by atoms with Crippen molar-refractivity contribution >= 4 is 23.2 Å². The Balaban J connectivity index is 1.64. The van der Waals surface area contributed by atoms with Crippen LogP contribution in [0.15, 0.2) is 60.7 Å². The lowest BCUT2D eigenvalue weighted by Gasteiger charge is -2.09. The van der Waals surface area contributed by atoms with Crippen LogP contribution in [0.5, 0.6) is 0 Å². The zero-order valence-electron chi connectivity index (χ0n) is 15.9. The van der Waals surface area contributed by atoms with E-state index < -0.39 is 0 Å². The van der Waals surface area contributed by atoms with E-state index in [1.165, 1.54) is 12.5 Å². The highest BCUT2D eigenvalue weighted by molar-refractivity contribution is 6.03. The molecule has 0 bridgehead atoms. The maximum atomic E-state index is 12.5. The first kappa shape index (κ1) is 19.2. The first-order chi connectivity index (χ1) is 13.5. The number of rotatable bonds is 7.